The van der Waals surface area contributed by atoms with Crippen LogP contribution in [0.2, 0.25) is 0 Å². The molecule has 0 radical (unpaired) electrons. The standard InChI is InChI=1S/C22H32N4O4/c1-3-30-21(28)26-8-4-16(5-9-26)15-25-10-6-22(7-11-25)13-19(27)24-20-18(22)12-17(29-2)14-23-20/h12,14,16H,3-11,13,15H2,1-2H3,(H,23,24,27). The van der Waals surface area contributed by atoms with Gasteiger partial charge >= 0.3 is 6.09 Å². The number of rotatable bonds is 4. The number of methoxy groups -OCH3 is 1. The van der Waals surface area contributed by atoms with Gasteiger partial charge in [-0.2, -0.15) is 0 Å². The maximum atomic E-state index is 12.3. The molecule has 30 heavy (non-hydrogen) atoms. The Hall–Kier alpha value is -2.35. The number of likely N-dealkylation sites (tertiary alicyclic amines) is 2. The van der Waals surface area contributed by atoms with Crippen LogP contribution < -0.4 is 10.1 Å². The van der Waals surface area contributed by atoms with Gasteiger partial charge in [0.25, 0.3) is 0 Å². The van der Waals surface area contributed by atoms with Crippen LogP contribution in [0.4, 0.5) is 10.6 Å². The van der Waals surface area contributed by atoms with Crippen molar-refractivity contribution in [3.8, 4) is 5.75 Å². The predicted molar refractivity (Wildman–Crippen MR) is 113 cm³/mol. The number of hydrogen-bond acceptors (Lipinski definition) is 6. The molecule has 1 aromatic rings. The van der Waals surface area contributed by atoms with Crippen molar-refractivity contribution in [2.45, 2.75) is 44.4 Å². The number of nitrogens with zero attached hydrogens (tertiary/aromatic N) is 3. The number of amides is 2. The number of ether oxygens (including phenoxy) is 2. The van der Waals surface area contributed by atoms with E-state index >= 15 is 0 Å². The molecule has 0 atom stereocenters. The van der Waals surface area contributed by atoms with Gasteiger partial charge in [-0.1, -0.05) is 0 Å². The lowest BCUT2D eigenvalue weighted by atomic mass is 9.68. The molecule has 0 saturated carbocycles. The highest BCUT2D eigenvalue weighted by Crippen LogP contribution is 2.45. The minimum Gasteiger partial charge on any atom is -0.495 e. The van der Waals surface area contributed by atoms with E-state index in [0.717, 1.165) is 69.7 Å². The Kier molecular flexibility index (Phi) is 6.13. The van der Waals surface area contributed by atoms with Gasteiger partial charge in [0.1, 0.15) is 11.6 Å². The van der Waals surface area contributed by atoms with Gasteiger partial charge in [-0.15, -0.1) is 0 Å². The molecule has 3 aliphatic heterocycles. The molecule has 164 valence electrons. The average Bonchev–Trinajstić information content (AvgIpc) is 2.76. The number of fused-ring (bicyclic) bond motifs is 2. The smallest absolute Gasteiger partial charge is 0.409 e. The number of carbonyl (C=O) groups excluding carboxylic acids is 2. The van der Waals surface area contributed by atoms with Gasteiger partial charge in [0.05, 0.1) is 19.9 Å². The second-order valence-electron chi connectivity index (χ2n) is 8.71. The van der Waals surface area contributed by atoms with E-state index < -0.39 is 0 Å². The fraction of sp³-hybridized carbons (Fsp3) is 0.682. The first-order valence-corrected chi connectivity index (χ1v) is 11.0. The fourth-order valence-electron chi connectivity index (χ4n) is 5.13. The molecule has 4 heterocycles. The first kappa shape index (κ1) is 20.9. The molecule has 0 aliphatic carbocycles. The normalized spacial score (nSPS) is 21.8. The summed E-state index contributed by atoms with van der Waals surface area (Å²) in [6.45, 7) is 6.83. The molecule has 8 nitrogen and oxygen atoms in total. The molecule has 1 N–H and O–H groups in total. The van der Waals surface area contributed by atoms with E-state index in [0.29, 0.717) is 24.8 Å². The second kappa shape index (κ2) is 8.79. The summed E-state index contributed by atoms with van der Waals surface area (Å²) >= 11 is 0. The Bertz CT molecular complexity index is 783. The SMILES string of the molecule is CCOC(=O)N1CCC(CN2CCC3(CC2)CC(=O)Nc2ncc(OC)cc23)CC1. The quantitative estimate of drug-likeness (QED) is 0.812. The molecule has 2 fully saturated rings. The van der Waals surface area contributed by atoms with E-state index in [-0.39, 0.29) is 17.4 Å². The van der Waals surface area contributed by atoms with Crippen LogP contribution in [0.15, 0.2) is 12.3 Å². The van der Waals surface area contributed by atoms with Gasteiger partial charge in [0, 0.05) is 37.0 Å². The van der Waals surface area contributed by atoms with Crippen LogP contribution in [0.3, 0.4) is 0 Å². The summed E-state index contributed by atoms with van der Waals surface area (Å²) < 4.78 is 10.5. The van der Waals surface area contributed by atoms with E-state index in [1.54, 1.807) is 13.3 Å². The van der Waals surface area contributed by atoms with Crippen molar-refractivity contribution in [3.63, 3.8) is 0 Å². The third-order valence-corrected chi connectivity index (χ3v) is 6.90. The molecule has 2 saturated heterocycles. The van der Waals surface area contributed by atoms with Crippen molar-refractivity contribution >= 4 is 17.8 Å². The summed E-state index contributed by atoms with van der Waals surface area (Å²) in [4.78, 5) is 33.0. The lowest BCUT2D eigenvalue weighted by Gasteiger charge is -2.45. The van der Waals surface area contributed by atoms with Crippen LogP contribution in [0.25, 0.3) is 0 Å². The Morgan fingerprint density at radius 2 is 2.00 bits per heavy atom. The molecule has 0 bridgehead atoms. The summed E-state index contributed by atoms with van der Waals surface area (Å²) in [5, 5.41) is 2.92. The number of nitrogens with one attached hydrogen (secondary N) is 1. The molecule has 2 amide bonds. The Morgan fingerprint density at radius 3 is 2.67 bits per heavy atom. The number of pyridine rings is 1. The number of anilines is 1. The molecule has 4 rings (SSSR count). The van der Waals surface area contributed by atoms with E-state index in [2.05, 4.69) is 15.2 Å². The Balaban J connectivity index is 1.35. The highest BCUT2D eigenvalue weighted by Gasteiger charge is 2.43. The summed E-state index contributed by atoms with van der Waals surface area (Å²) in [7, 11) is 1.65. The molecular formula is C22H32N4O4. The van der Waals surface area contributed by atoms with Gasteiger partial charge < -0.3 is 24.6 Å². The molecule has 0 unspecified atom stereocenters. The van der Waals surface area contributed by atoms with Crippen molar-refractivity contribution in [1.29, 1.82) is 0 Å². The second-order valence-corrected chi connectivity index (χ2v) is 8.71. The van der Waals surface area contributed by atoms with Crippen LogP contribution in [-0.4, -0.2) is 73.2 Å². The summed E-state index contributed by atoms with van der Waals surface area (Å²) in [6, 6.07) is 2.04. The van der Waals surface area contributed by atoms with Gasteiger partial charge in [0.15, 0.2) is 0 Å². The molecule has 1 aromatic heterocycles. The zero-order valence-corrected chi connectivity index (χ0v) is 18.0. The van der Waals surface area contributed by atoms with Crippen LogP contribution >= 0.6 is 0 Å². The maximum Gasteiger partial charge on any atom is 0.409 e. The first-order chi connectivity index (χ1) is 14.5. The van der Waals surface area contributed by atoms with Crippen molar-refractivity contribution in [2.75, 3.05) is 51.8 Å². The summed E-state index contributed by atoms with van der Waals surface area (Å²) in [5.74, 6) is 2.08. The van der Waals surface area contributed by atoms with Gasteiger partial charge in [-0.05, 0) is 57.7 Å². The van der Waals surface area contributed by atoms with Gasteiger partial charge in [-0.25, -0.2) is 9.78 Å². The lowest BCUT2D eigenvalue weighted by molar-refractivity contribution is -0.118. The van der Waals surface area contributed by atoms with Crippen LogP contribution in [0.1, 0.15) is 44.6 Å². The van der Waals surface area contributed by atoms with Crippen LogP contribution in [0.5, 0.6) is 5.75 Å². The lowest BCUT2D eigenvalue weighted by Crippen LogP contribution is -2.49. The average molecular weight is 417 g/mol. The molecule has 1 spiro atoms. The predicted octanol–water partition coefficient (Wildman–Crippen LogP) is 2.63. The molecular weight excluding hydrogens is 384 g/mol. The fourth-order valence-corrected chi connectivity index (χ4v) is 5.13. The zero-order chi connectivity index (χ0) is 21.1. The van der Waals surface area contributed by atoms with Crippen molar-refractivity contribution in [1.82, 2.24) is 14.8 Å². The minimum atomic E-state index is -0.186. The zero-order valence-electron chi connectivity index (χ0n) is 18.0. The summed E-state index contributed by atoms with van der Waals surface area (Å²) in [6.07, 6.45) is 5.93. The molecule has 8 heteroatoms. The van der Waals surface area contributed by atoms with Gasteiger partial charge in [0.2, 0.25) is 5.91 Å². The van der Waals surface area contributed by atoms with Crippen LogP contribution in [-0.2, 0) is 14.9 Å². The largest absolute Gasteiger partial charge is 0.495 e. The number of aromatic nitrogens is 1. The Morgan fingerprint density at radius 1 is 1.27 bits per heavy atom. The van der Waals surface area contributed by atoms with Crippen molar-refractivity contribution < 1.29 is 19.1 Å². The summed E-state index contributed by atoms with van der Waals surface area (Å²) in [5.41, 5.74) is 0.965. The van der Waals surface area contributed by atoms with Crippen LogP contribution in [0, 0.1) is 5.92 Å². The minimum absolute atomic E-state index is 0.0555. The Labute approximate surface area is 177 Å². The van der Waals surface area contributed by atoms with E-state index in [1.807, 2.05) is 17.9 Å². The van der Waals surface area contributed by atoms with Crippen molar-refractivity contribution in [2.24, 2.45) is 5.92 Å². The molecule has 3 aliphatic rings. The van der Waals surface area contributed by atoms with Gasteiger partial charge in [-0.3, -0.25) is 4.79 Å². The van der Waals surface area contributed by atoms with E-state index in [4.69, 9.17) is 9.47 Å². The highest BCUT2D eigenvalue weighted by atomic mass is 16.6. The topological polar surface area (TPSA) is 84.0 Å². The number of hydrogen-bond donors (Lipinski definition) is 1. The third kappa shape index (κ3) is 4.24. The third-order valence-electron chi connectivity index (χ3n) is 6.90. The number of carbonyl (C=O) groups is 2. The highest BCUT2D eigenvalue weighted by molar-refractivity contribution is 5.94. The molecule has 0 aromatic carbocycles. The van der Waals surface area contributed by atoms with Crippen molar-refractivity contribution in [3.05, 3.63) is 17.8 Å². The van der Waals surface area contributed by atoms with E-state index in [9.17, 15) is 9.59 Å². The monoisotopic (exact) mass is 416 g/mol. The first-order valence-electron chi connectivity index (χ1n) is 11.0. The number of piperidine rings is 2. The maximum absolute atomic E-state index is 12.3. The van der Waals surface area contributed by atoms with E-state index in [1.165, 1.54) is 0 Å².